The van der Waals surface area contributed by atoms with Gasteiger partial charge in [-0.25, -0.2) is 4.98 Å². The number of aliphatic hydroxyl groups excluding tert-OH is 1. The van der Waals surface area contributed by atoms with Crippen LogP contribution >= 0.6 is 22.9 Å². The number of nitrogens with one attached hydrogen (secondary N) is 1. The number of rotatable bonds is 8. The number of hydrogen-bond acceptors (Lipinski definition) is 7. The Labute approximate surface area is 209 Å². The molecule has 0 atom stereocenters. The molecule has 2 N–H and O–H groups in total. The lowest BCUT2D eigenvalue weighted by Gasteiger charge is -2.15. The molecule has 9 nitrogen and oxygen atoms in total. The molecule has 0 spiro atoms. The van der Waals surface area contributed by atoms with E-state index in [1.165, 1.54) is 17.7 Å². The number of halogens is 1. The van der Waals surface area contributed by atoms with E-state index >= 15 is 0 Å². The summed E-state index contributed by atoms with van der Waals surface area (Å²) < 4.78 is 3.29. The van der Waals surface area contributed by atoms with Crippen molar-refractivity contribution in [3.8, 4) is 28.1 Å². The number of nitrogens with zero attached hydrogens (tertiary/aromatic N) is 6. The summed E-state index contributed by atoms with van der Waals surface area (Å²) in [4.78, 5) is 22.0. The number of aryl methyl sites for hydroxylation is 1. The third-order valence-corrected chi connectivity index (χ3v) is 6.80. The first-order valence-corrected chi connectivity index (χ1v) is 12.3. The summed E-state index contributed by atoms with van der Waals surface area (Å²) >= 11 is 7.79. The molecule has 0 saturated carbocycles. The lowest BCUT2D eigenvalue weighted by atomic mass is 10.0. The largest absolute Gasteiger partial charge is 0.391 e. The van der Waals surface area contributed by atoms with Gasteiger partial charge in [0.2, 0.25) is 0 Å². The molecule has 4 aromatic heterocycles. The molecule has 5 rings (SSSR count). The molecule has 0 saturated heterocycles. The molecule has 11 heteroatoms. The highest BCUT2D eigenvalue weighted by atomic mass is 35.5. The van der Waals surface area contributed by atoms with Gasteiger partial charge in [-0.1, -0.05) is 24.9 Å². The quantitative estimate of drug-likeness (QED) is 0.327. The minimum Gasteiger partial charge on any atom is -0.391 e. The highest BCUT2D eigenvalue weighted by Crippen LogP contribution is 2.30. The first kappa shape index (κ1) is 23.2. The van der Waals surface area contributed by atoms with E-state index in [1.54, 1.807) is 27.6 Å². The van der Waals surface area contributed by atoms with Crippen molar-refractivity contribution in [2.24, 2.45) is 0 Å². The SMILES string of the molecule is CCCc1cc(-c2cc(Cl)ccc2-n2cnnn2)cc(=O)n1Cc1ncc(-c2csc(CO)c2)[nH]1. The number of hydrogen-bond donors (Lipinski definition) is 2. The summed E-state index contributed by atoms with van der Waals surface area (Å²) in [6.07, 6.45) is 4.86. The standard InChI is InChI=1S/C24H22ClN7O2S/c1-2-3-18-6-15(20-9-17(25)4-5-22(20)32-14-27-29-30-32)8-24(34)31(18)11-23-26-10-21(28-23)16-7-19(12-33)35-13-16/h4-10,13-14,33H,2-3,11-12H2,1H3,(H,26,28). The van der Waals surface area contributed by atoms with Gasteiger partial charge in [0.25, 0.3) is 5.56 Å². The summed E-state index contributed by atoms with van der Waals surface area (Å²) in [7, 11) is 0. The van der Waals surface area contributed by atoms with Crippen molar-refractivity contribution in [1.29, 1.82) is 0 Å². The van der Waals surface area contributed by atoms with Crippen LogP contribution in [0.4, 0.5) is 0 Å². The molecule has 0 aliphatic carbocycles. The maximum Gasteiger partial charge on any atom is 0.251 e. The number of aromatic amines is 1. The van der Waals surface area contributed by atoms with E-state index in [0.717, 1.165) is 51.5 Å². The van der Waals surface area contributed by atoms with Crippen LogP contribution in [0.15, 0.2) is 59.1 Å². The molecule has 0 amide bonds. The van der Waals surface area contributed by atoms with Crippen molar-refractivity contribution in [2.75, 3.05) is 0 Å². The van der Waals surface area contributed by atoms with Gasteiger partial charge in [0.15, 0.2) is 0 Å². The van der Waals surface area contributed by atoms with Gasteiger partial charge in [0.1, 0.15) is 12.2 Å². The Bertz CT molecular complexity index is 1520. The third kappa shape index (κ3) is 4.81. The molecule has 0 aliphatic rings. The topological polar surface area (TPSA) is 115 Å². The fourth-order valence-electron chi connectivity index (χ4n) is 4.00. The van der Waals surface area contributed by atoms with Crippen LogP contribution in [0, 0.1) is 0 Å². The predicted molar refractivity (Wildman–Crippen MR) is 135 cm³/mol. The Morgan fingerprint density at radius 1 is 1.17 bits per heavy atom. The van der Waals surface area contributed by atoms with Crippen molar-refractivity contribution in [2.45, 2.75) is 32.9 Å². The molecule has 0 aliphatic heterocycles. The Balaban J connectivity index is 1.52. The zero-order valence-electron chi connectivity index (χ0n) is 18.8. The van der Waals surface area contributed by atoms with Gasteiger partial charge in [-0.15, -0.1) is 16.4 Å². The zero-order chi connectivity index (χ0) is 24.4. The molecule has 4 heterocycles. The van der Waals surface area contributed by atoms with E-state index < -0.39 is 0 Å². The Morgan fingerprint density at radius 2 is 2.06 bits per heavy atom. The number of benzene rings is 1. The van der Waals surface area contributed by atoms with Crippen molar-refractivity contribution in [3.05, 3.63) is 86.1 Å². The van der Waals surface area contributed by atoms with Crippen molar-refractivity contribution < 1.29 is 5.11 Å². The van der Waals surface area contributed by atoms with Crippen LogP contribution in [0.1, 0.15) is 29.7 Å². The zero-order valence-corrected chi connectivity index (χ0v) is 20.4. The van der Waals surface area contributed by atoms with E-state index in [2.05, 4.69) is 32.4 Å². The monoisotopic (exact) mass is 507 g/mol. The van der Waals surface area contributed by atoms with Crippen molar-refractivity contribution in [3.63, 3.8) is 0 Å². The van der Waals surface area contributed by atoms with Crippen LogP contribution in [-0.2, 0) is 19.6 Å². The molecule has 0 fully saturated rings. The van der Waals surface area contributed by atoms with E-state index in [-0.39, 0.29) is 12.2 Å². The van der Waals surface area contributed by atoms with Gasteiger partial charge in [-0.05, 0) is 52.7 Å². The summed E-state index contributed by atoms with van der Waals surface area (Å²) in [5.74, 6) is 0.682. The highest BCUT2D eigenvalue weighted by molar-refractivity contribution is 7.10. The van der Waals surface area contributed by atoms with Crippen LogP contribution < -0.4 is 5.56 Å². The Kier molecular flexibility index (Phi) is 6.58. The first-order valence-electron chi connectivity index (χ1n) is 11.0. The fourth-order valence-corrected chi connectivity index (χ4v) is 4.92. The minimum atomic E-state index is -0.135. The first-order chi connectivity index (χ1) is 17.1. The summed E-state index contributed by atoms with van der Waals surface area (Å²) in [5, 5.41) is 23.3. The molecule has 0 radical (unpaired) electrons. The second kappa shape index (κ2) is 9.95. The number of thiophene rings is 1. The van der Waals surface area contributed by atoms with Crippen molar-refractivity contribution in [1.82, 2.24) is 34.7 Å². The van der Waals surface area contributed by atoms with Crippen LogP contribution in [-0.4, -0.2) is 39.8 Å². The molecular weight excluding hydrogens is 486 g/mol. The van der Waals surface area contributed by atoms with E-state index in [1.807, 2.05) is 29.6 Å². The van der Waals surface area contributed by atoms with Crippen LogP contribution in [0.5, 0.6) is 0 Å². The molecule has 0 unspecified atom stereocenters. The molecule has 35 heavy (non-hydrogen) atoms. The number of imidazole rings is 1. The number of aliphatic hydroxyl groups is 1. The molecule has 0 bridgehead atoms. The summed E-state index contributed by atoms with van der Waals surface area (Å²) in [5.41, 5.74) is 4.82. The number of H-pyrrole nitrogens is 1. The van der Waals surface area contributed by atoms with Gasteiger partial charge in [-0.2, -0.15) is 4.68 Å². The van der Waals surface area contributed by atoms with E-state index in [4.69, 9.17) is 11.6 Å². The highest BCUT2D eigenvalue weighted by Gasteiger charge is 2.15. The second-order valence-corrected chi connectivity index (χ2v) is 9.46. The summed E-state index contributed by atoms with van der Waals surface area (Å²) in [6.45, 7) is 2.41. The van der Waals surface area contributed by atoms with Crippen LogP contribution in [0.2, 0.25) is 5.02 Å². The normalized spacial score (nSPS) is 11.3. The second-order valence-electron chi connectivity index (χ2n) is 8.03. The Hall–Kier alpha value is -3.60. The number of tetrazole rings is 1. The molecule has 5 aromatic rings. The predicted octanol–water partition coefficient (Wildman–Crippen LogP) is 4.09. The minimum absolute atomic E-state index is 0.00947. The fraction of sp³-hybridized carbons (Fsp3) is 0.208. The lowest BCUT2D eigenvalue weighted by Crippen LogP contribution is -2.24. The average molecular weight is 508 g/mol. The van der Waals surface area contributed by atoms with Gasteiger partial charge in [-0.3, -0.25) is 4.79 Å². The van der Waals surface area contributed by atoms with Gasteiger partial charge < -0.3 is 14.7 Å². The molecule has 1 aromatic carbocycles. The average Bonchev–Trinajstić information content (AvgIpc) is 3.63. The number of aromatic nitrogens is 7. The van der Waals surface area contributed by atoms with Crippen LogP contribution in [0.25, 0.3) is 28.1 Å². The van der Waals surface area contributed by atoms with Gasteiger partial charge >= 0.3 is 0 Å². The van der Waals surface area contributed by atoms with E-state index in [0.29, 0.717) is 17.4 Å². The van der Waals surface area contributed by atoms with Gasteiger partial charge in [0.05, 0.1) is 30.7 Å². The van der Waals surface area contributed by atoms with E-state index in [9.17, 15) is 9.90 Å². The molecular formula is C24H22ClN7O2S. The molecule has 178 valence electrons. The van der Waals surface area contributed by atoms with Crippen molar-refractivity contribution >= 4 is 22.9 Å². The maximum absolute atomic E-state index is 13.3. The maximum atomic E-state index is 13.3. The smallest absolute Gasteiger partial charge is 0.251 e. The lowest BCUT2D eigenvalue weighted by molar-refractivity contribution is 0.285. The Morgan fingerprint density at radius 3 is 2.80 bits per heavy atom. The number of pyridine rings is 1. The summed E-state index contributed by atoms with van der Waals surface area (Å²) in [6, 6.07) is 11.0. The van der Waals surface area contributed by atoms with Crippen LogP contribution in [0.3, 0.4) is 0 Å². The van der Waals surface area contributed by atoms with Gasteiger partial charge in [0, 0.05) is 38.2 Å². The third-order valence-electron chi connectivity index (χ3n) is 5.64.